The molecule has 0 aromatic carbocycles. The summed E-state index contributed by atoms with van der Waals surface area (Å²) >= 11 is 7.32. The number of hydrogen-bond donors (Lipinski definition) is 0. The Hall–Kier alpha value is 0.0500. The molecular formula is C7H12ClNS. The average molecular weight is 178 g/mol. The van der Waals surface area contributed by atoms with Crippen molar-refractivity contribution in [1.29, 1.82) is 0 Å². The van der Waals surface area contributed by atoms with Crippen LogP contribution in [0.2, 0.25) is 0 Å². The molecule has 10 heavy (non-hydrogen) atoms. The number of thioether (sulfide) groups is 1. The van der Waals surface area contributed by atoms with Crippen LogP contribution in [0.25, 0.3) is 0 Å². The zero-order valence-corrected chi connectivity index (χ0v) is 8.09. The molecule has 0 aromatic heterocycles. The Morgan fingerprint density at radius 3 is 2.70 bits per heavy atom. The van der Waals surface area contributed by atoms with Crippen molar-refractivity contribution in [1.82, 2.24) is 0 Å². The Morgan fingerprint density at radius 2 is 2.30 bits per heavy atom. The molecule has 1 nitrogen and oxygen atoms in total. The zero-order valence-electron chi connectivity index (χ0n) is 6.52. The third kappa shape index (κ3) is 4.89. The monoisotopic (exact) mass is 177 g/mol. The number of aliphatic imine (C=N–C) groups is 1. The van der Waals surface area contributed by atoms with Crippen LogP contribution in [-0.2, 0) is 0 Å². The van der Waals surface area contributed by atoms with Crippen molar-refractivity contribution in [3.63, 3.8) is 0 Å². The second kappa shape index (κ2) is 5.81. The van der Waals surface area contributed by atoms with Gasteiger partial charge in [0, 0.05) is 0 Å². The maximum Gasteiger partial charge on any atom is 0.125 e. The first-order valence-electron chi connectivity index (χ1n) is 3.15. The summed E-state index contributed by atoms with van der Waals surface area (Å²) in [6.45, 7) is 3.98. The maximum atomic E-state index is 5.71. The first kappa shape index (κ1) is 10.0. The van der Waals surface area contributed by atoms with E-state index in [4.69, 9.17) is 11.6 Å². The van der Waals surface area contributed by atoms with Gasteiger partial charge in [0.2, 0.25) is 0 Å². The summed E-state index contributed by atoms with van der Waals surface area (Å²) < 4.78 is 0. The van der Waals surface area contributed by atoms with Crippen LogP contribution >= 0.6 is 23.4 Å². The Labute approximate surface area is 71.6 Å². The van der Waals surface area contributed by atoms with Gasteiger partial charge in [0.25, 0.3) is 0 Å². The predicted octanol–water partition coefficient (Wildman–Crippen LogP) is 3.26. The summed E-state index contributed by atoms with van der Waals surface area (Å²) in [4.78, 5) is 4.09. The second-order valence-electron chi connectivity index (χ2n) is 1.77. The van der Waals surface area contributed by atoms with E-state index in [1.54, 1.807) is 11.8 Å². The minimum Gasteiger partial charge on any atom is -0.235 e. The van der Waals surface area contributed by atoms with Crippen molar-refractivity contribution in [2.45, 2.75) is 20.3 Å². The molecule has 0 saturated heterocycles. The highest BCUT2D eigenvalue weighted by atomic mass is 35.5. The van der Waals surface area contributed by atoms with Crippen molar-refractivity contribution < 1.29 is 0 Å². The molecule has 0 radical (unpaired) electrons. The number of rotatable bonds is 2. The van der Waals surface area contributed by atoms with Crippen molar-refractivity contribution in [3.8, 4) is 0 Å². The molecule has 0 rings (SSSR count). The van der Waals surface area contributed by atoms with Crippen LogP contribution in [0.5, 0.6) is 0 Å². The van der Waals surface area contributed by atoms with E-state index in [0.29, 0.717) is 5.16 Å². The lowest BCUT2D eigenvalue weighted by Gasteiger charge is -1.92. The van der Waals surface area contributed by atoms with E-state index in [-0.39, 0.29) is 0 Å². The Balaban J connectivity index is 3.98. The third-order valence-electron chi connectivity index (χ3n) is 0.932. The fourth-order valence-electron chi connectivity index (χ4n) is 0.410. The highest BCUT2D eigenvalue weighted by Crippen LogP contribution is 2.08. The maximum absolute atomic E-state index is 5.71. The average Bonchev–Trinajstić information content (AvgIpc) is 1.88. The van der Waals surface area contributed by atoms with E-state index in [2.05, 4.69) is 4.99 Å². The van der Waals surface area contributed by atoms with E-state index in [1.165, 1.54) is 0 Å². The Kier molecular flexibility index (Phi) is 5.84. The second-order valence-corrected chi connectivity index (χ2v) is 3.16. The molecule has 0 aliphatic heterocycles. The summed E-state index contributed by atoms with van der Waals surface area (Å²) in [5.74, 6) is 0. The Morgan fingerprint density at radius 1 is 1.70 bits per heavy atom. The van der Waals surface area contributed by atoms with E-state index in [9.17, 15) is 0 Å². The molecule has 0 spiro atoms. The van der Waals surface area contributed by atoms with Gasteiger partial charge in [-0.3, -0.25) is 0 Å². The van der Waals surface area contributed by atoms with Gasteiger partial charge in [-0.2, -0.15) is 0 Å². The van der Waals surface area contributed by atoms with Crippen molar-refractivity contribution in [2.24, 2.45) is 4.99 Å². The van der Waals surface area contributed by atoms with Gasteiger partial charge in [-0.1, -0.05) is 18.5 Å². The highest BCUT2D eigenvalue weighted by Gasteiger charge is 1.87. The summed E-state index contributed by atoms with van der Waals surface area (Å²) in [5.41, 5.74) is 0. The molecule has 0 N–H and O–H groups in total. The largest absolute Gasteiger partial charge is 0.235 e. The normalized spacial score (nSPS) is 14.0. The van der Waals surface area contributed by atoms with Gasteiger partial charge in [0.15, 0.2) is 0 Å². The fourth-order valence-corrected chi connectivity index (χ4v) is 0.931. The van der Waals surface area contributed by atoms with Crippen LogP contribution < -0.4 is 0 Å². The SMILES string of the molecule is CC/C=C(Cl)\N=C(/C)SC. The molecule has 0 saturated carbocycles. The highest BCUT2D eigenvalue weighted by molar-refractivity contribution is 8.13. The van der Waals surface area contributed by atoms with E-state index in [0.717, 1.165) is 11.5 Å². The molecule has 0 unspecified atom stereocenters. The first-order valence-corrected chi connectivity index (χ1v) is 4.76. The molecular weight excluding hydrogens is 166 g/mol. The van der Waals surface area contributed by atoms with Crippen LogP contribution in [0.1, 0.15) is 20.3 Å². The molecule has 0 aliphatic carbocycles. The lowest BCUT2D eigenvalue weighted by atomic mass is 10.5. The molecule has 0 fully saturated rings. The fraction of sp³-hybridized carbons (Fsp3) is 0.571. The standard InChI is InChI=1S/C7H12ClNS/c1-4-5-7(8)9-6(2)10-3/h5H,4H2,1-3H3/b7-5-,9-6+. The third-order valence-corrected chi connectivity index (χ3v) is 1.85. The number of nitrogens with zero attached hydrogens (tertiary/aromatic N) is 1. The summed E-state index contributed by atoms with van der Waals surface area (Å²) in [6.07, 6.45) is 4.81. The van der Waals surface area contributed by atoms with Gasteiger partial charge in [0.1, 0.15) is 5.16 Å². The predicted molar refractivity (Wildman–Crippen MR) is 50.9 cm³/mol. The molecule has 58 valence electrons. The van der Waals surface area contributed by atoms with Crippen LogP contribution in [0.15, 0.2) is 16.2 Å². The molecule has 0 amide bonds. The van der Waals surface area contributed by atoms with Gasteiger partial charge >= 0.3 is 0 Å². The molecule has 0 aromatic rings. The minimum absolute atomic E-state index is 0.592. The minimum atomic E-state index is 0.592. The van der Waals surface area contributed by atoms with Gasteiger partial charge in [-0.15, -0.1) is 11.8 Å². The van der Waals surface area contributed by atoms with Crippen molar-refractivity contribution in [2.75, 3.05) is 6.26 Å². The summed E-state index contributed by atoms with van der Waals surface area (Å²) in [7, 11) is 0. The number of allylic oxidation sites excluding steroid dienone is 1. The molecule has 0 bridgehead atoms. The molecule has 0 heterocycles. The molecule has 0 aliphatic rings. The lowest BCUT2D eigenvalue weighted by Crippen LogP contribution is -1.79. The van der Waals surface area contributed by atoms with Crippen molar-refractivity contribution >= 4 is 28.4 Å². The van der Waals surface area contributed by atoms with Gasteiger partial charge < -0.3 is 0 Å². The molecule has 3 heteroatoms. The van der Waals surface area contributed by atoms with E-state index >= 15 is 0 Å². The zero-order chi connectivity index (χ0) is 7.98. The lowest BCUT2D eigenvalue weighted by molar-refractivity contribution is 1.20. The number of halogens is 1. The van der Waals surface area contributed by atoms with Crippen LogP contribution in [0, 0.1) is 0 Å². The van der Waals surface area contributed by atoms with Gasteiger partial charge in [-0.25, -0.2) is 4.99 Å². The number of hydrogen-bond acceptors (Lipinski definition) is 2. The van der Waals surface area contributed by atoms with Crippen LogP contribution in [0.3, 0.4) is 0 Å². The van der Waals surface area contributed by atoms with Gasteiger partial charge in [-0.05, 0) is 25.7 Å². The van der Waals surface area contributed by atoms with Crippen molar-refractivity contribution in [3.05, 3.63) is 11.2 Å². The van der Waals surface area contributed by atoms with E-state index in [1.807, 2.05) is 26.2 Å². The van der Waals surface area contributed by atoms with Gasteiger partial charge in [0.05, 0.1) is 5.04 Å². The first-order chi connectivity index (χ1) is 4.70. The summed E-state index contributed by atoms with van der Waals surface area (Å²) in [5, 5.41) is 1.59. The Bertz CT molecular complexity index is 152. The smallest absolute Gasteiger partial charge is 0.125 e. The van der Waals surface area contributed by atoms with Crippen LogP contribution in [0.4, 0.5) is 0 Å². The van der Waals surface area contributed by atoms with E-state index < -0.39 is 0 Å². The quantitative estimate of drug-likeness (QED) is 0.358. The molecule has 0 atom stereocenters. The van der Waals surface area contributed by atoms with Crippen LogP contribution in [-0.4, -0.2) is 11.3 Å². The topological polar surface area (TPSA) is 12.4 Å². The summed E-state index contributed by atoms with van der Waals surface area (Å²) in [6, 6.07) is 0.